The SMILES string of the molecule is CC(NC1CC(C)(C)CC(C)(C)C1)c1ccc(Cl)c(Cl)c1. The topological polar surface area (TPSA) is 12.0 Å². The smallest absolute Gasteiger partial charge is 0.0595 e. The zero-order chi connectivity index (χ0) is 15.8. The van der Waals surface area contributed by atoms with Crippen LogP contribution in [0.5, 0.6) is 0 Å². The molecule has 1 N–H and O–H groups in total. The summed E-state index contributed by atoms with van der Waals surface area (Å²) < 4.78 is 0. The van der Waals surface area contributed by atoms with Crippen LogP contribution in [0.2, 0.25) is 10.0 Å². The summed E-state index contributed by atoms with van der Waals surface area (Å²) in [7, 11) is 0. The van der Waals surface area contributed by atoms with Crippen molar-refractivity contribution in [1.82, 2.24) is 5.32 Å². The lowest BCUT2D eigenvalue weighted by Crippen LogP contribution is -2.44. The van der Waals surface area contributed by atoms with E-state index in [1.165, 1.54) is 24.8 Å². The summed E-state index contributed by atoms with van der Waals surface area (Å²) in [4.78, 5) is 0. The Morgan fingerprint density at radius 3 is 2.14 bits per heavy atom. The van der Waals surface area contributed by atoms with Gasteiger partial charge in [-0.2, -0.15) is 0 Å². The first-order valence-electron chi connectivity index (χ1n) is 7.79. The molecule has 1 aromatic carbocycles. The molecule has 1 atom stereocenters. The number of benzene rings is 1. The lowest BCUT2D eigenvalue weighted by Gasteiger charge is -2.46. The summed E-state index contributed by atoms with van der Waals surface area (Å²) in [6.45, 7) is 11.7. The van der Waals surface area contributed by atoms with Crippen LogP contribution in [0.3, 0.4) is 0 Å². The third kappa shape index (κ3) is 4.61. The van der Waals surface area contributed by atoms with Gasteiger partial charge in [0.25, 0.3) is 0 Å². The van der Waals surface area contributed by atoms with E-state index < -0.39 is 0 Å². The van der Waals surface area contributed by atoms with E-state index >= 15 is 0 Å². The van der Waals surface area contributed by atoms with Gasteiger partial charge < -0.3 is 5.32 Å². The summed E-state index contributed by atoms with van der Waals surface area (Å²) in [6, 6.07) is 6.75. The highest BCUT2D eigenvalue weighted by molar-refractivity contribution is 6.42. The van der Waals surface area contributed by atoms with Gasteiger partial charge in [0.2, 0.25) is 0 Å². The average Bonchev–Trinajstić information content (AvgIpc) is 2.28. The minimum absolute atomic E-state index is 0.287. The molecule has 0 bridgehead atoms. The van der Waals surface area contributed by atoms with Crippen molar-refractivity contribution in [2.24, 2.45) is 10.8 Å². The highest BCUT2D eigenvalue weighted by atomic mass is 35.5. The molecule has 0 aliphatic heterocycles. The fourth-order valence-corrected chi connectivity index (χ4v) is 4.50. The maximum absolute atomic E-state index is 6.13. The lowest BCUT2D eigenvalue weighted by molar-refractivity contribution is 0.0811. The van der Waals surface area contributed by atoms with E-state index in [2.05, 4.69) is 46.0 Å². The standard InChI is InChI=1S/C18H27Cl2N/c1-12(13-6-7-15(19)16(20)8-13)21-14-9-17(2,3)11-18(4,5)10-14/h6-8,12,14,21H,9-11H2,1-5H3. The molecule has 1 aromatic rings. The van der Waals surface area contributed by atoms with Gasteiger partial charge in [0.1, 0.15) is 0 Å². The Bertz CT molecular complexity index is 492. The molecule has 1 saturated carbocycles. The molecule has 2 rings (SSSR count). The Morgan fingerprint density at radius 1 is 1.05 bits per heavy atom. The first-order chi connectivity index (χ1) is 9.58. The first-order valence-corrected chi connectivity index (χ1v) is 8.55. The van der Waals surface area contributed by atoms with E-state index in [1.54, 1.807) is 0 Å². The minimum Gasteiger partial charge on any atom is -0.307 e. The van der Waals surface area contributed by atoms with Gasteiger partial charge in [-0.25, -0.2) is 0 Å². The Balaban J connectivity index is 2.08. The fourth-order valence-electron chi connectivity index (χ4n) is 4.20. The van der Waals surface area contributed by atoms with Crippen LogP contribution in [0.15, 0.2) is 18.2 Å². The summed E-state index contributed by atoms with van der Waals surface area (Å²) in [5.74, 6) is 0. The van der Waals surface area contributed by atoms with E-state index in [-0.39, 0.29) is 6.04 Å². The first kappa shape index (κ1) is 17.1. The summed E-state index contributed by atoms with van der Waals surface area (Å²) in [6.07, 6.45) is 3.74. The van der Waals surface area contributed by atoms with Crippen molar-refractivity contribution in [2.45, 2.75) is 66.0 Å². The number of hydrogen-bond acceptors (Lipinski definition) is 1. The van der Waals surface area contributed by atoms with Gasteiger partial charge in [-0.05, 0) is 54.7 Å². The zero-order valence-electron chi connectivity index (χ0n) is 13.8. The third-order valence-corrected chi connectivity index (χ3v) is 5.22. The predicted molar refractivity (Wildman–Crippen MR) is 93.2 cm³/mol. The van der Waals surface area contributed by atoms with Crippen LogP contribution in [0, 0.1) is 10.8 Å². The Morgan fingerprint density at radius 2 is 1.62 bits per heavy atom. The molecule has 3 heteroatoms. The lowest BCUT2D eigenvalue weighted by atomic mass is 9.63. The van der Waals surface area contributed by atoms with Crippen LogP contribution < -0.4 is 5.32 Å². The maximum atomic E-state index is 6.13. The monoisotopic (exact) mass is 327 g/mol. The maximum Gasteiger partial charge on any atom is 0.0595 e. The van der Waals surface area contributed by atoms with Crippen molar-refractivity contribution in [3.8, 4) is 0 Å². The van der Waals surface area contributed by atoms with Gasteiger partial charge in [-0.3, -0.25) is 0 Å². The van der Waals surface area contributed by atoms with Crippen LogP contribution in [0.1, 0.15) is 65.5 Å². The van der Waals surface area contributed by atoms with Crippen LogP contribution in [0.25, 0.3) is 0 Å². The van der Waals surface area contributed by atoms with Crippen LogP contribution in [-0.2, 0) is 0 Å². The molecule has 1 unspecified atom stereocenters. The molecule has 1 aliphatic carbocycles. The molecule has 0 saturated heterocycles. The number of halogens is 2. The van der Waals surface area contributed by atoms with Crippen molar-refractivity contribution >= 4 is 23.2 Å². The molecule has 0 spiro atoms. The highest BCUT2D eigenvalue weighted by Gasteiger charge is 2.38. The second kappa shape index (κ2) is 6.10. The number of rotatable bonds is 3. The van der Waals surface area contributed by atoms with Crippen LogP contribution in [-0.4, -0.2) is 6.04 Å². The molecule has 0 radical (unpaired) electrons. The summed E-state index contributed by atoms with van der Waals surface area (Å²) in [5, 5.41) is 5.04. The number of hydrogen-bond donors (Lipinski definition) is 1. The average molecular weight is 328 g/mol. The van der Waals surface area contributed by atoms with Gasteiger partial charge in [-0.15, -0.1) is 0 Å². The van der Waals surface area contributed by atoms with Crippen LogP contribution in [0.4, 0.5) is 0 Å². The number of nitrogens with one attached hydrogen (secondary N) is 1. The Kier molecular flexibility index (Phi) is 4.97. The van der Waals surface area contributed by atoms with Crippen LogP contribution >= 0.6 is 23.2 Å². The summed E-state index contributed by atoms with van der Waals surface area (Å²) in [5.41, 5.74) is 2.00. The van der Waals surface area contributed by atoms with Crippen molar-refractivity contribution in [3.05, 3.63) is 33.8 Å². The normalized spacial score (nSPS) is 23.0. The molecule has 1 aliphatic rings. The highest BCUT2D eigenvalue weighted by Crippen LogP contribution is 2.46. The van der Waals surface area contributed by atoms with E-state index in [9.17, 15) is 0 Å². The van der Waals surface area contributed by atoms with E-state index in [0.29, 0.717) is 26.9 Å². The molecule has 0 amide bonds. The van der Waals surface area contributed by atoms with Gasteiger partial charge in [0, 0.05) is 12.1 Å². The third-order valence-electron chi connectivity index (χ3n) is 4.48. The molecule has 118 valence electrons. The Labute approximate surface area is 139 Å². The van der Waals surface area contributed by atoms with Crippen molar-refractivity contribution in [3.63, 3.8) is 0 Å². The van der Waals surface area contributed by atoms with Crippen molar-refractivity contribution in [1.29, 1.82) is 0 Å². The largest absolute Gasteiger partial charge is 0.307 e. The second-order valence-electron chi connectivity index (χ2n) is 8.17. The van der Waals surface area contributed by atoms with E-state index in [0.717, 1.165) is 0 Å². The van der Waals surface area contributed by atoms with Gasteiger partial charge in [-0.1, -0.05) is 57.0 Å². The molecular weight excluding hydrogens is 301 g/mol. The van der Waals surface area contributed by atoms with Crippen molar-refractivity contribution in [2.75, 3.05) is 0 Å². The molecule has 0 aromatic heterocycles. The Hall–Kier alpha value is -0.240. The fraction of sp³-hybridized carbons (Fsp3) is 0.667. The molecule has 1 fully saturated rings. The van der Waals surface area contributed by atoms with Gasteiger partial charge in [0.05, 0.1) is 10.0 Å². The molecular formula is C18H27Cl2N. The van der Waals surface area contributed by atoms with Gasteiger partial charge in [0.15, 0.2) is 0 Å². The molecule has 1 nitrogen and oxygen atoms in total. The van der Waals surface area contributed by atoms with Crippen molar-refractivity contribution < 1.29 is 0 Å². The second-order valence-corrected chi connectivity index (χ2v) is 8.99. The quantitative estimate of drug-likeness (QED) is 0.691. The molecule has 0 heterocycles. The van der Waals surface area contributed by atoms with E-state index in [4.69, 9.17) is 23.2 Å². The van der Waals surface area contributed by atoms with Gasteiger partial charge >= 0.3 is 0 Å². The molecule has 21 heavy (non-hydrogen) atoms. The van der Waals surface area contributed by atoms with E-state index in [1.807, 2.05) is 12.1 Å². The summed E-state index contributed by atoms with van der Waals surface area (Å²) >= 11 is 12.1. The zero-order valence-corrected chi connectivity index (χ0v) is 15.3. The predicted octanol–water partition coefficient (Wildman–Crippen LogP) is 6.25. The minimum atomic E-state index is 0.287.